The smallest absolute Gasteiger partial charge is 0.0471 e. The fraction of sp³-hybridized carbons (Fsp3) is 0.429. The molecule has 2 nitrogen and oxygen atoms in total. The molecule has 3 aromatic rings. The van der Waals surface area contributed by atoms with Gasteiger partial charge < -0.3 is 10.3 Å². The zero-order chi connectivity index (χ0) is 16.6. The second-order valence-electron chi connectivity index (χ2n) is 7.33. The summed E-state index contributed by atoms with van der Waals surface area (Å²) in [6.45, 7) is 9.13. The first-order valence-electron chi connectivity index (χ1n) is 8.72. The minimum absolute atomic E-state index is 0.385. The van der Waals surface area contributed by atoms with E-state index in [4.69, 9.17) is 0 Å². The van der Waals surface area contributed by atoms with Crippen molar-refractivity contribution in [1.29, 1.82) is 0 Å². The lowest BCUT2D eigenvalue weighted by Gasteiger charge is -2.22. The van der Waals surface area contributed by atoms with Crippen molar-refractivity contribution in [2.45, 2.75) is 46.1 Å². The fourth-order valence-corrected chi connectivity index (χ4v) is 3.52. The van der Waals surface area contributed by atoms with Crippen LogP contribution < -0.4 is 5.32 Å². The maximum atomic E-state index is 3.62. The van der Waals surface area contributed by atoms with Crippen LogP contribution in [0, 0.1) is 5.92 Å². The molecule has 0 saturated heterocycles. The molecule has 1 unspecified atom stereocenters. The summed E-state index contributed by atoms with van der Waals surface area (Å²) in [5.74, 6) is 1.19. The van der Waals surface area contributed by atoms with Gasteiger partial charge in [-0.05, 0) is 48.6 Å². The van der Waals surface area contributed by atoms with E-state index in [1.165, 1.54) is 32.9 Å². The Balaban J connectivity index is 2.31. The Labute approximate surface area is 139 Å². The summed E-state index contributed by atoms with van der Waals surface area (Å²) in [6.07, 6.45) is 1.15. The average molecular weight is 308 g/mol. The van der Waals surface area contributed by atoms with Gasteiger partial charge in [-0.25, -0.2) is 0 Å². The summed E-state index contributed by atoms with van der Waals surface area (Å²) < 4.78 is 0. The molecule has 0 amide bonds. The Morgan fingerprint density at radius 2 is 1.74 bits per heavy atom. The van der Waals surface area contributed by atoms with E-state index in [0.717, 1.165) is 6.42 Å². The van der Waals surface area contributed by atoms with Crippen molar-refractivity contribution in [3.8, 4) is 0 Å². The number of fused-ring (bicyclic) bond motifs is 3. The van der Waals surface area contributed by atoms with Gasteiger partial charge in [0.15, 0.2) is 0 Å². The van der Waals surface area contributed by atoms with Crippen LogP contribution in [0.1, 0.15) is 57.2 Å². The largest absolute Gasteiger partial charge is 0.354 e. The summed E-state index contributed by atoms with van der Waals surface area (Å²) >= 11 is 0. The first-order chi connectivity index (χ1) is 11.0. The zero-order valence-corrected chi connectivity index (χ0v) is 14.9. The molecule has 3 rings (SSSR count). The molecular formula is C21H28N2. The summed E-state index contributed by atoms with van der Waals surface area (Å²) in [7, 11) is 2.08. The minimum atomic E-state index is 0.385. The van der Waals surface area contributed by atoms with E-state index in [9.17, 15) is 0 Å². The first kappa shape index (κ1) is 16.1. The number of H-pyrrole nitrogens is 1. The van der Waals surface area contributed by atoms with E-state index in [-0.39, 0.29) is 0 Å². The molecule has 122 valence electrons. The molecule has 0 aliphatic heterocycles. The Morgan fingerprint density at radius 3 is 2.39 bits per heavy atom. The molecule has 2 N–H and O–H groups in total. The van der Waals surface area contributed by atoms with Crippen molar-refractivity contribution in [1.82, 2.24) is 10.3 Å². The highest BCUT2D eigenvalue weighted by molar-refractivity contribution is 6.09. The van der Waals surface area contributed by atoms with Crippen molar-refractivity contribution >= 4 is 21.8 Å². The SMILES string of the molecule is CNC(CC(C)C)c1cc(C(C)C)cc2[nH]c3ccccc3c12. The van der Waals surface area contributed by atoms with Crippen molar-refractivity contribution < 1.29 is 0 Å². The second kappa shape index (κ2) is 6.37. The van der Waals surface area contributed by atoms with Gasteiger partial charge in [-0.3, -0.25) is 0 Å². The molecule has 0 fully saturated rings. The maximum absolute atomic E-state index is 3.62. The van der Waals surface area contributed by atoms with Gasteiger partial charge in [0, 0.05) is 27.8 Å². The summed E-state index contributed by atoms with van der Waals surface area (Å²) in [6, 6.07) is 13.8. The summed E-state index contributed by atoms with van der Waals surface area (Å²) in [5, 5.41) is 6.26. The molecule has 23 heavy (non-hydrogen) atoms. The number of para-hydroxylation sites is 1. The number of rotatable bonds is 5. The Hall–Kier alpha value is -1.80. The van der Waals surface area contributed by atoms with Crippen LogP contribution in [0.25, 0.3) is 21.8 Å². The molecule has 1 aromatic heterocycles. The van der Waals surface area contributed by atoms with Gasteiger partial charge in [-0.1, -0.05) is 52.0 Å². The van der Waals surface area contributed by atoms with Gasteiger partial charge in [0.2, 0.25) is 0 Å². The molecule has 2 aromatic carbocycles. The van der Waals surface area contributed by atoms with Crippen LogP contribution in [0.15, 0.2) is 36.4 Å². The molecule has 0 aliphatic carbocycles. The second-order valence-corrected chi connectivity index (χ2v) is 7.33. The highest BCUT2D eigenvalue weighted by Crippen LogP contribution is 2.36. The topological polar surface area (TPSA) is 27.8 Å². The lowest BCUT2D eigenvalue weighted by atomic mass is 9.90. The van der Waals surface area contributed by atoms with E-state index in [0.29, 0.717) is 17.9 Å². The normalized spacial score (nSPS) is 13.5. The van der Waals surface area contributed by atoms with Crippen LogP contribution in [0.3, 0.4) is 0 Å². The number of hydrogen-bond acceptors (Lipinski definition) is 1. The first-order valence-corrected chi connectivity index (χ1v) is 8.72. The minimum Gasteiger partial charge on any atom is -0.354 e. The number of benzene rings is 2. The van der Waals surface area contributed by atoms with E-state index in [1.54, 1.807) is 0 Å². The third-order valence-electron chi connectivity index (χ3n) is 4.75. The Kier molecular flexibility index (Phi) is 4.45. The standard InChI is InChI=1S/C21H28N2/c1-13(2)10-19(22-5)17-11-15(14(3)4)12-20-21(17)16-8-6-7-9-18(16)23-20/h6-9,11-14,19,22-23H,10H2,1-5H3. The van der Waals surface area contributed by atoms with Crippen molar-refractivity contribution in [2.24, 2.45) is 5.92 Å². The average Bonchev–Trinajstić information content (AvgIpc) is 2.89. The van der Waals surface area contributed by atoms with Crippen molar-refractivity contribution in [2.75, 3.05) is 7.05 Å². The maximum Gasteiger partial charge on any atom is 0.0471 e. The van der Waals surface area contributed by atoms with Gasteiger partial charge in [0.25, 0.3) is 0 Å². The lowest BCUT2D eigenvalue weighted by Crippen LogP contribution is -2.19. The highest BCUT2D eigenvalue weighted by atomic mass is 14.9. The molecule has 1 atom stereocenters. The van der Waals surface area contributed by atoms with Gasteiger partial charge in [0.1, 0.15) is 0 Å². The van der Waals surface area contributed by atoms with Gasteiger partial charge in [-0.2, -0.15) is 0 Å². The Morgan fingerprint density at radius 1 is 1.00 bits per heavy atom. The molecular weight excluding hydrogens is 280 g/mol. The molecule has 0 bridgehead atoms. The predicted molar refractivity (Wildman–Crippen MR) is 101 cm³/mol. The molecule has 0 spiro atoms. The van der Waals surface area contributed by atoms with Crippen molar-refractivity contribution in [3.63, 3.8) is 0 Å². The molecule has 1 heterocycles. The van der Waals surface area contributed by atoms with E-state index < -0.39 is 0 Å². The predicted octanol–water partition coefficient (Wildman–Crippen LogP) is 5.75. The van der Waals surface area contributed by atoms with Gasteiger partial charge in [-0.15, -0.1) is 0 Å². The van der Waals surface area contributed by atoms with Gasteiger partial charge >= 0.3 is 0 Å². The van der Waals surface area contributed by atoms with Crippen LogP contribution in [0.4, 0.5) is 0 Å². The lowest BCUT2D eigenvalue weighted by molar-refractivity contribution is 0.458. The highest BCUT2D eigenvalue weighted by Gasteiger charge is 2.19. The van der Waals surface area contributed by atoms with E-state index in [1.807, 2.05) is 0 Å². The van der Waals surface area contributed by atoms with E-state index >= 15 is 0 Å². The zero-order valence-electron chi connectivity index (χ0n) is 14.9. The third-order valence-corrected chi connectivity index (χ3v) is 4.75. The quantitative estimate of drug-likeness (QED) is 0.617. The monoisotopic (exact) mass is 308 g/mol. The van der Waals surface area contributed by atoms with Crippen LogP contribution >= 0.6 is 0 Å². The molecule has 0 saturated carbocycles. The molecule has 0 radical (unpaired) electrons. The van der Waals surface area contributed by atoms with Crippen LogP contribution in [-0.4, -0.2) is 12.0 Å². The number of hydrogen-bond donors (Lipinski definition) is 2. The van der Waals surface area contributed by atoms with Crippen LogP contribution in [0.2, 0.25) is 0 Å². The number of aromatic amines is 1. The van der Waals surface area contributed by atoms with Crippen LogP contribution in [0.5, 0.6) is 0 Å². The molecule has 0 aliphatic rings. The number of nitrogens with one attached hydrogen (secondary N) is 2. The number of aromatic nitrogens is 1. The van der Waals surface area contributed by atoms with Gasteiger partial charge in [0.05, 0.1) is 0 Å². The van der Waals surface area contributed by atoms with Crippen molar-refractivity contribution in [3.05, 3.63) is 47.5 Å². The molecule has 2 heteroatoms. The summed E-state index contributed by atoms with van der Waals surface area (Å²) in [5.41, 5.74) is 5.32. The Bertz CT molecular complexity index is 811. The van der Waals surface area contributed by atoms with E-state index in [2.05, 4.69) is 81.4 Å². The fourth-order valence-electron chi connectivity index (χ4n) is 3.52. The van der Waals surface area contributed by atoms with Crippen LogP contribution in [-0.2, 0) is 0 Å². The third kappa shape index (κ3) is 3.00. The summed E-state index contributed by atoms with van der Waals surface area (Å²) in [4.78, 5) is 3.62.